The molecule has 1 aromatic heterocycles. The van der Waals surface area contributed by atoms with Crippen LogP contribution in [0, 0.1) is 0 Å². The molecule has 3 aromatic carbocycles. The number of carbonyl (C=O) groups excluding carboxylic acids is 1. The van der Waals surface area contributed by atoms with E-state index in [1.807, 2.05) is 19.1 Å². The van der Waals surface area contributed by atoms with Crippen LogP contribution in [0.3, 0.4) is 0 Å². The summed E-state index contributed by atoms with van der Waals surface area (Å²) in [7, 11) is 3.12. The van der Waals surface area contributed by atoms with Crippen molar-refractivity contribution in [3.63, 3.8) is 0 Å². The van der Waals surface area contributed by atoms with Crippen molar-refractivity contribution in [3.05, 3.63) is 82.0 Å². The van der Waals surface area contributed by atoms with Crippen molar-refractivity contribution in [3.8, 4) is 17.2 Å². The zero-order chi connectivity index (χ0) is 24.2. The molecule has 0 fully saturated rings. The van der Waals surface area contributed by atoms with E-state index in [0.29, 0.717) is 50.7 Å². The lowest BCUT2D eigenvalue weighted by molar-refractivity contribution is 0.0970. The zero-order valence-electron chi connectivity index (χ0n) is 18.9. The number of aromatic nitrogens is 1. The molecule has 0 spiro atoms. The number of aromatic amines is 1. The van der Waals surface area contributed by atoms with Gasteiger partial charge in [-0.25, -0.2) is 0 Å². The number of carbonyl (C=O) groups is 1. The summed E-state index contributed by atoms with van der Waals surface area (Å²) < 4.78 is 16.7. The molecule has 1 atom stereocenters. The average Bonchev–Trinajstić information content (AvgIpc) is 3.25. The van der Waals surface area contributed by atoms with Gasteiger partial charge < -0.3 is 24.5 Å². The second kappa shape index (κ2) is 10.3. The summed E-state index contributed by atoms with van der Waals surface area (Å²) in [4.78, 5) is 17.1. The van der Waals surface area contributed by atoms with Gasteiger partial charge in [0.15, 0.2) is 5.78 Å². The summed E-state index contributed by atoms with van der Waals surface area (Å²) in [6.07, 6.45) is 1.69. The molecular weight excluding hydrogens is 475 g/mol. The van der Waals surface area contributed by atoms with Gasteiger partial charge in [0.05, 0.1) is 20.8 Å². The highest BCUT2D eigenvalue weighted by molar-refractivity contribution is 6.31. The first-order chi connectivity index (χ1) is 16.4. The van der Waals surface area contributed by atoms with Crippen molar-refractivity contribution >= 4 is 45.6 Å². The lowest BCUT2D eigenvalue weighted by atomic mass is 9.95. The van der Waals surface area contributed by atoms with E-state index in [-0.39, 0.29) is 5.78 Å². The van der Waals surface area contributed by atoms with Gasteiger partial charge in [-0.05, 0) is 31.2 Å². The van der Waals surface area contributed by atoms with Crippen molar-refractivity contribution < 1.29 is 19.0 Å². The molecule has 6 nitrogen and oxygen atoms in total. The molecule has 34 heavy (non-hydrogen) atoms. The van der Waals surface area contributed by atoms with Gasteiger partial charge in [0, 0.05) is 62.2 Å². The first-order valence-corrected chi connectivity index (χ1v) is 11.4. The number of methoxy groups -OCH3 is 2. The summed E-state index contributed by atoms with van der Waals surface area (Å²) in [5.41, 5.74) is 2.59. The largest absolute Gasteiger partial charge is 0.497 e. The Morgan fingerprint density at radius 1 is 0.971 bits per heavy atom. The number of fused-ring (bicyclic) bond motifs is 1. The predicted octanol–water partition coefficient (Wildman–Crippen LogP) is 6.93. The minimum atomic E-state index is -0.788. The van der Waals surface area contributed by atoms with Crippen molar-refractivity contribution in [2.24, 2.45) is 0 Å². The predicted molar refractivity (Wildman–Crippen MR) is 136 cm³/mol. The Labute approximate surface area is 207 Å². The number of ether oxygens (including phenoxy) is 3. The molecule has 0 radical (unpaired) electrons. The third-order valence-corrected chi connectivity index (χ3v) is 5.89. The van der Waals surface area contributed by atoms with E-state index in [9.17, 15) is 4.79 Å². The number of H-pyrrole nitrogens is 1. The standard InChI is InChI=1S/C26H24Cl2N2O4/c1-4-34-19-12-17(11-18(13-19)32-2)30-25(21-8-6-16(28)10-24(21)33-3)26(31)22-14-29-23-9-15(27)5-7-20(22)23/h5-14,25,29-30H,4H2,1-3H3. The lowest BCUT2D eigenvalue weighted by Crippen LogP contribution is -2.22. The normalized spacial score (nSPS) is 11.8. The molecule has 1 unspecified atom stereocenters. The second-order valence-electron chi connectivity index (χ2n) is 7.55. The number of hydrogen-bond acceptors (Lipinski definition) is 5. The van der Waals surface area contributed by atoms with E-state index in [1.54, 1.807) is 62.9 Å². The lowest BCUT2D eigenvalue weighted by Gasteiger charge is -2.22. The van der Waals surface area contributed by atoms with Crippen LogP contribution in [0.1, 0.15) is 28.9 Å². The Morgan fingerprint density at radius 2 is 1.71 bits per heavy atom. The number of hydrogen-bond donors (Lipinski definition) is 2. The molecule has 0 amide bonds. The number of nitrogens with one attached hydrogen (secondary N) is 2. The fraction of sp³-hybridized carbons (Fsp3) is 0.192. The van der Waals surface area contributed by atoms with Crippen LogP contribution in [-0.2, 0) is 0 Å². The van der Waals surface area contributed by atoms with E-state index < -0.39 is 6.04 Å². The Balaban J connectivity index is 1.82. The van der Waals surface area contributed by atoms with Gasteiger partial charge in [-0.3, -0.25) is 4.79 Å². The summed E-state index contributed by atoms with van der Waals surface area (Å²) in [5.74, 6) is 1.56. The SMILES string of the molecule is CCOc1cc(NC(C(=O)c2c[nH]c3cc(Cl)ccc23)c2ccc(Cl)cc2OC)cc(OC)c1. The maximum atomic E-state index is 14.0. The maximum Gasteiger partial charge on any atom is 0.191 e. The smallest absolute Gasteiger partial charge is 0.191 e. The van der Waals surface area contributed by atoms with Crippen LogP contribution in [0.4, 0.5) is 5.69 Å². The Morgan fingerprint density at radius 3 is 2.44 bits per heavy atom. The quantitative estimate of drug-likeness (QED) is 0.245. The fourth-order valence-electron chi connectivity index (χ4n) is 3.86. The monoisotopic (exact) mass is 498 g/mol. The summed E-state index contributed by atoms with van der Waals surface area (Å²) in [6, 6.07) is 15.2. The molecule has 0 saturated heterocycles. The van der Waals surface area contributed by atoms with Crippen LogP contribution < -0.4 is 19.5 Å². The van der Waals surface area contributed by atoms with Crippen molar-refractivity contribution in [1.29, 1.82) is 0 Å². The van der Waals surface area contributed by atoms with Gasteiger partial charge in [-0.1, -0.05) is 35.3 Å². The molecule has 4 rings (SSSR count). The molecule has 0 saturated carbocycles. The highest BCUT2D eigenvalue weighted by Crippen LogP contribution is 2.36. The molecule has 0 aliphatic heterocycles. The number of anilines is 1. The molecular formula is C26H24Cl2N2O4. The van der Waals surface area contributed by atoms with Gasteiger partial charge in [-0.2, -0.15) is 0 Å². The third kappa shape index (κ3) is 4.93. The summed E-state index contributed by atoms with van der Waals surface area (Å²) >= 11 is 12.3. The summed E-state index contributed by atoms with van der Waals surface area (Å²) in [6.45, 7) is 2.40. The molecule has 8 heteroatoms. The second-order valence-corrected chi connectivity index (χ2v) is 8.42. The van der Waals surface area contributed by atoms with E-state index in [2.05, 4.69) is 10.3 Å². The first-order valence-electron chi connectivity index (χ1n) is 10.7. The van der Waals surface area contributed by atoms with Crippen molar-refractivity contribution in [2.75, 3.05) is 26.1 Å². The van der Waals surface area contributed by atoms with Crippen LogP contribution in [-0.4, -0.2) is 31.6 Å². The van der Waals surface area contributed by atoms with Gasteiger partial charge in [0.2, 0.25) is 0 Å². The van der Waals surface area contributed by atoms with Crippen LogP contribution in [0.5, 0.6) is 17.2 Å². The molecule has 0 aliphatic carbocycles. The van der Waals surface area contributed by atoms with Crippen LogP contribution in [0.15, 0.2) is 60.8 Å². The molecule has 4 aromatic rings. The summed E-state index contributed by atoms with van der Waals surface area (Å²) in [5, 5.41) is 5.22. The molecule has 0 bridgehead atoms. The van der Waals surface area contributed by atoms with Crippen molar-refractivity contribution in [2.45, 2.75) is 13.0 Å². The van der Waals surface area contributed by atoms with Crippen LogP contribution >= 0.6 is 23.2 Å². The van der Waals surface area contributed by atoms with E-state index >= 15 is 0 Å². The minimum Gasteiger partial charge on any atom is -0.497 e. The number of rotatable bonds is 9. The maximum absolute atomic E-state index is 14.0. The number of ketones is 1. The van der Waals surface area contributed by atoms with Gasteiger partial charge >= 0.3 is 0 Å². The highest BCUT2D eigenvalue weighted by Gasteiger charge is 2.28. The third-order valence-electron chi connectivity index (χ3n) is 5.42. The zero-order valence-corrected chi connectivity index (χ0v) is 20.5. The van der Waals surface area contributed by atoms with Gasteiger partial charge in [-0.15, -0.1) is 0 Å². The van der Waals surface area contributed by atoms with Gasteiger partial charge in [0.1, 0.15) is 23.3 Å². The van der Waals surface area contributed by atoms with E-state index in [0.717, 1.165) is 10.9 Å². The van der Waals surface area contributed by atoms with Crippen LogP contribution in [0.2, 0.25) is 10.0 Å². The minimum absolute atomic E-state index is 0.157. The van der Waals surface area contributed by atoms with E-state index in [4.69, 9.17) is 37.4 Å². The average molecular weight is 499 g/mol. The molecule has 0 aliphatic rings. The molecule has 176 valence electrons. The van der Waals surface area contributed by atoms with Crippen molar-refractivity contribution in [1.82, 2.24) is 4.98 Å². The Hall–Kier alpha value is -3.35. The Kier molecular flexibility index (Phi) is 7.20. The van der Waals surface area contributed by atoms with Gasteiger partial charge in [0.25, 0.3) is 0 Å². The molecule has 1 heterocycles. The highest BCUT2D eigenvalue weighted by atomic mass is 35.5. The number of halogens is 2. The van der Waals surface area contributed by atoms with E-state index in [1.165, 1.54) is 0 Å². The van der Waals surface area contributed by atoms with Crippen LogP contribution in [0.25, 0.3) is 10.9 Å². The number of Topliss-reactive ketones (excluding diaryl/α,β-unsaturated/α-hetero) is 1. The topological polar surface area (TPSA) is 72.6 Å². The molecule has 2 N–H and O–H groups in total. The number of benzene rings is 3. The fourth-order valence-corrected chi connectivity index (χ4v) is 4.19. The Bertz CT molecular complexity index is 1340. The first kappa shape index (κ1) is 23.8.